The second-order valence-corrected chi connectivity index (χ2v) is 5.89. The molecule has 0 heterocycles. The Bertz CT molecular complexity index is 374. The molecule has 2 unspecified atom stereocenters. The van der Waals surface area contributed by atoms with Crippen LogP contribution in [0, 0.1) is 0 Å². The molecule has 1 rings (SSSR count). The van der Waals surface area contributed by atoms with Crippen molar-refractivity contribution in [3.63, 3.8) is 0 Å². The van der Waals surface area contributed by atoms with Crippen molar-refractivity contribution in [2.45, 2.75) is 31.9 Å². The summed E-state index contributed by atoms with van der Waals surface area (Å²) in [5, 5.41) is 22.8. The highest BCUT2D eigenvalue weighted by Crippen LogP contribution is 2.11. The van der Waals surface area contributed by atoms with Gasteiger partial charge >= 0.3 is 0 Å². The van der Waals surface area contributed by atoms with Gasteiger partial charge in [-0.1, -0.05) is 12.1 Å². The van der Waals surface area contributed by atoms with Crippen LogP contribution in [0.25, 0.3) is 0 Å². The summed E-state index contributed by atoms with van der Waals surface area (Å²) >= 11 is 0. The van der Waals surface area contributed by atoms with Crippen molar-refractivity contribution in [3.05, 3.63) is 29.8 Å². The standard InChI is InChI=1S/C15H26N2O2/c1-12(9-13-5-7-14(18)8-6-13)16-10-15(2,19)11-17(3)4/h5-8,12,16,18-19H,9-11H2,1-4H3. The highest BCUT2D eigenvalue weighted by Gasteiger charge is 2.21. The minimum Gasteiger partial charge on any atom is -0.508 e. The molecule has 19 heavy (non-hydrogen) atoms. The predicted octanol–water partition coefficient (Wildman–Crippen LogP) is 1.23. The van der Waals surface area contributed by atoms with Gasteiger partial charge in [0.15, 0.2) is 0 Å². The molecule has 0 fully saturated rings. The van der Waals surface area contributed by atoms with E-state index in [0.29, 0.717) is 18.8 Å². The van der Waals surface area contributed by atoms with E-state index >= 15 is 0 Å². The molecule has 2 atom stereocenters. The van der Waals surface area contributed by atoms with Crippen LogP contribution in [0.4, 0.5) is 0 Å². The topological polar surface area (TPSA) is 55.7 Å². The lowest BCUT2D eigenvalue weighted by molar-refractivity contribution is 0.0318. The lowest BCUT2D eigenvalue weighted by atomic mass is 10.0. The molecule has 0 aliphatic rings. The summed E-state index contributed by atoms with van der Waals surface area (Å²) in [6.07, 6.45) is 0.873. The van der Waals surface area contributed by atoms with E-state index in [9.17, 15) is 10.2 Å². The van der Waals surface area contributed by atoms with E-state index in [1.54, 1.807) is 12.1 Å². The summed E-state index contributed by atoms with van der Waals surface area (Å²) in [5.74, 6) is 0.290. The van der Waals surface area contributed by atoms with Crippen LogP contribution < -0.4 is 5.32 Å². The first kappa shape index (κ1) is 16.0. The van der Waals surface area contributed by atoms with Gasteiger partial charge in [0.05, 0.1) is 5.60 Å². The largest absolute Gasteiger partial charge is 0.508 e. The Balaban J connectivity index is 2.39. The zero-order valence-corrected chi connectivity index (χ0v) is 12.3. The quantitative estimate of drug-likeness (QED) is 0.695. The first-order valence-electron chi connectivity index (χ1n) is 6.67. The van der Waals surface area contributed by atoms with Crippen LogP contribution in [0.1, 0.15) is 19.4 Å². The van der Waals surface area contributed by atoms with Gasteiger partial charge in [-0.2, -0.15) is 0 Å². The molecule has 4 nitrogen and oxygen atoms in total. The van der Waals surface area contributed by atoms with Gasteiger partial charge in [0, 0.05) is 19.1 Å². The maximum atomic E-state index is 10.2. The Morgan fingerprint density at radius 2 is 1.84 bits per heavy atom. The molecule has 0 saturated carbocycles. The average Bonchev–Trinajstić information content (AvgIpc) is 2.28. The normalized spacial score (nSPS) is 16.3. The van der Waals surface area contributed by atoms with Crippen molar-refractivity contribution in [3.8, 4) is 5.75 Å². The van der Waals surface area contributed by atoms with Crippen molar-refractivity contribution in [1.82, 2.24) is 10.2 Å². The SMILES string of the molecule is CC(Cc1ccc(O)cc1)NCC(C)(O)CN(C)C. The predicted molar refractivity (Wildman–Crippen MR) is 78.5 cm³/mol. The van der Waals surface area contributed by atoms with Gasteiger partial charge in [-0.05, 0) is 52.1 Å². The minimum absolute atomic E-state index is 0.276. The van der Waals surface area contributed by atoms with Crippen molar-refractivity contribution in [2.75, 3.05) is 27.2 Å². The Kier molecular flexibility index (Phi) is 5.79. The van der Waals surface area contributed by atoms with Crippen molar-refractivity contribution < 1.29 is 10.2 Å². The molecule has 1 aromatic carbocycles. The summed E-state index contributed by atoms with van der Waals surface area (Å²) < 4.78 is 0. The zero-order chi connectivity index (χ0) is 14.5. The first-order valence-corrected chi connectivity index (χ1v) is 6.67. The molecule has 1 aromatic rings. The van der Waals surface area contributed by atoms with Gasteiger partial charge in [-0.15, -0.1) is 0 Å². The molecule has 0 radical (unpaired) electrons. The number of nitrogens with one attached hydrogen (secondary N) is 1. The third-order valence-corrected chi connectivity index (χ3v) is 2.97. The fraction of sp³-hybridized carbons (Fsp3) is 0.600. The molecule has 0 amide bonds. The summed E-state index contributed by atoms with van der Waals surface area (Å²) in [5.41, 5.74) is 0.442. The van der Waals surface area contributed by atoms with Gasteiger partial charge in [0.25, 0.3) is 0 Å². The fourth-order valence-electron chi connectivity index (χ4n) is 2.19. The number of rotatable bonds is 7. The number of benzene rings is 1. The molecule has 4 heteroatoms. The molecule has 0 aliphatic heterocycles. The van der Waals surface area contributed by atoms with E-state index in [0.717, 1.165) is 6.42 Å². The third kappa shape index (κ3) is 6.57. The van der Waals surface area contributed by atoms with E-state index < -0.39 is 5.60 Å². The number of nitrogens with zero attached hydrogens (tertiary/aromatic N) is 1. The zero-order valence-electron chi connectivity index (χ0n) is 12.3. The van der Waals surface area contributed by atoms with Crippen molar-refractivity contribution in [1.29, 1.82) is 0 Å². The average molecular weight is 266 g/mol. The van der Waals surface area contributed by atoms with Crippen molar-refractivity contribution >= 4 is 0 Å². The van der Waals surface area contributed by atoms with Gasteiger partial charge in [-0.3, -0.25) is 0 Å². The highest BCUT2D eigenvalue weighted by molar-refractivity contribution is 5.26. The van der Waals surface area contributed by atoms with Crippen LogP contribution in [0.15, 0.2) is 24.3 Å². The van der Waals surface area contributed by atoms with Crippen LogP contribution in [-0.2, 0) is 6.42 Å². The molecular formula is C15H26N2O2. The maximum Gasteiger partial charge on any atom is 0.115 e. The Morgan fingerprint density at radius 3 is 2.37 bits per heavy atom. The summed E-state index contributed by atoms with van der Waals surface area (Å²) in [6, 6.07) is 7.52. The summed E-state index contributed by atoms with van der Waals surface area (Å²) in [6.45, 7) is 5.13. The van der Waals surface area contributed by atoms with Crippen LogP contribution >= 0.6 is 0 Å². The van der Waals surface area contributed by atoms with Crippen LogP contribution in [0.5, 0.6) is 5.75 Å². The van der Waals surface area contributed by atoms with Crippen LogP contribution in [-0.4, -0.2) is 53.9 Å². The van der Waals surface area contributed by atoms with Crippen LogP contribution in [0.2, 0.25) is 0 Å². The minimum atomic E-state index is -0.729. The van der Waals surface area contributed by atoms with E-state index in [1.165, 1.54) is 5.56 Å². The maximum absolute atomic E-state index is 10.2. The fourth-order valence-corrected chi connectivity index (χ4v) is 2.19. The third-order valence-electron chi connectivity index (χ3n) is 2.97. The molecule has 0 aromatic heterocycles. The van der Waals surface area contributed by atoms with Gasteiger partial charge in [-0.25, -0.2) is 0 Å². The van der Waals surface area contributed by atoms with Crippen molar-refractivity contribution in [2.24, 2.45) is 0 Å². The second-order valence-electron chi connectivity index (χ2n) is 5.89. The smallest absolute Gasteiger partial charge is 0.115 e. The number of hydrogen-bond acceptors (Lipinski definition) is 4. The number of aromatic hydroxyl groups is 1. The van der Waals surface area contributed by atoms with Gasteiger partial charge in [0.1, 0.15) is 5.75 Å². The Morgan fingerprint density at radius 1 is 1.26 bits per heavy atom. The summed E-state index contributed by atoms with van der Waals surface area (Å²) in [4.78, 5) is 1.98. The molecule has 108 valence electrons. The van der Waals surface area contributed by atoms with Gasteiger partial charge in [0.2, 0.25) is 0 Å². The Labute approximate surface area is 116 Å². The highest BCUT2D eigenvalue weighted by atomic mass is 16.3. The number of phenolic OH excluding ortho intramolecular Hbond substituents is 1. The molecular weight excluding hydrogens is 240 g/mol. The Hall–Kier alpha value is -1.10. The monoisotopic (exact) mass is 266 g/mol. The van der Waals surface area contributed by atoms with E-state index in [1.807, 2.05) is 38.1 Å². The number of phenols is 1. The molecule has 0 spiro atoms. The van der Waals surface area contributed by atoms with Gasteiger partial charge < -0.3 is 20.4 Å². The van der Waals surface area contributed by atoms with E-state index in [2.05, 4.69) is 12.2 Å². The van der Waals surface area contributed by atoms with Crippen LogP contribution in [0.3, 0.4) is 0 Å². The lowest BCUT2D eigenvalue weighted by Crippen LogP contribution is -2.48. The number of hydrogen-bond donors (Lipinski definition) is 3. The second kappa shape index (κ2) is 6.89. The molecule has 0 aliphatic carbocycles. The lowest BCUT2D eigenvalue weighted by Gasteiger charge is -2.28. The van der Waals surface area contributed by atoms with E-state index in [-0.39, 0.29) is 6.04 Å². The van der Waals surface area contributed by atoms with E-state index in [4.69, 9.17) is 0 Å². The number of aliphatic hydroxyl groups is 1. The first-order chi connectivity index (χ1) is 8.78. The molecule has 0 saturated heterocycles. The molecule has 3 N–H and O–H groups in total. The number of likely N-dealkylation sites (N-methyl/N-ethyl adjacent to an activating group) is 1. The summed E-state index contributed by atoms with van der Waals surface area (Å²) in [7, 11) is 3.91. The molecule has 0 bridgehead atoms.